The first-order chi connectivity index (χ1) is 10.9. The highest BCUT2D eigenvalue weighted by atomic mass is 16.6. The molecule has 0 aromatic heterocycles. The van der Waals surface area contributed by atoms with Gasteiger partial charge in [-0.25, -0.2) is 0 Å². The van der Waals surface area contributed by atoms with E-state index in [1.165, 1.54) is 0 Å². The van der Waals surface area contributed by atoms with Gasteiger partial charge in [-0.15, -0.1) is 0 Å². The standard InChI is InChI=1S/C16H21NO6/c1-4-22-15(18)14(16(19)23-5-2)13(10-17(20)21)12-8-6-11(3)7-9-12/h6-9,13-14H,4-5,10H2,1-3H3/t13-/m1/s1. The number of hydrogen-bond donors (Lipinski definition) is 0. The van der Waals surface area contributed by atoms with E-state index in [1.807, 2.05) is 6.92 Å². The Hall–Kier alpha value is -2.44. The molecule has 0 heterocycles. The van der Waals surface area contributed by atoms with E-state index >= 15 is 0 Å². The Morgan fingerprint density at radius 1 is 1.09 bits per heavy atom. The molecule has 23 heavy (non-hydrogen) atoms. The van der Waals surface area contributed by atoms with Crippen molar-refractivity contribution in [3.8, 4) is 0 Å². The van der Waals surface area contributed by atoms with Crippen molar-refractivity contribution in [3.05, 3.63) is 45.5 Å². The van der Waals surface area contributed by atoms with E-state index in [4.69, 9.17) is 9.47 Å². The lowest BCUT2D eigenvalue weighted by atomic mass is 9.85. The second-order valence-corrected chi connectivity index (χ2v) is 5.01. The average molecular weight is 323 g/mol. The Kier molecular flexibility index (Phi) is 7.18. The third-order valence-electron chi connectivity index (χ3n) is 3.33. The van der Waals surface area contributed by atoms with Crippen LogP contribution in [0.1, 0.15) is 30.9 Å². The molecule has 0 aliphatic carbocycles. The lowest BCUT2D eigenvalue weighted by molar-refractivity contribution is -0.484. The summed E-state index contributed by atoms with van der Waals surface area (Å²) in [6.45, 7) is 4.68. The Bertz CT molecular complexity index is 536. The summed E-state index contributed by atoms with van der Waals surface area (Å²) in [5.74, 6) is -3.91. The molecule has 0 N–H and O–H groups in total. The van der Waals surface area contributed by atoms with Crippen LogP contribution in [0.15, 0.2) is 24.3 Å². The molecule has 0 radical (unpaired) electrons. The predicted molar refractivity (Wildman–Crippen MR) is 82.5 cm³/mol. The van der Waals surface area contributed by atoms with Gasteiger partial charge in [-0.1, -0.05) is 29.8 Å². The lowest BCUT2D eigenvalue weighted by Gasteiger charge is -2.21. The zero-order valence-corrected chi connectivity index (χ0v) is 13.5. The lowest BCUT2D eigenvalue weighted by Crippen LogP contribution is -2.36. The second kappa shape index (κ2) is 8.87. The molecule has 0 aliphatic heterocycles. The van der Waals surface area contributed by atoms with Gasteiger partial charge in [-0.05, 0) is 26.3 Å². The summed E-state index contributed by atoms with van der Waals surface area (Å²) in [7, 11) is 0. The van der Waals surface area contributed by atoms with E-state index < -0.39 is 35.2 Å². The molecule has 0 spiro atoms. The molecule has 1 aromatic rings. The first-order valence-corrected chi connectivity index (χ1v) is 7.42. The highest BCUT2D eigenvalue weighted by Gasteiger charge is 2.41. The molecule has 0 saturated carbocycles. The Balaban J connectivity index is 3.24. The minimum atomic E-state index is -1.36. The van der Waals surface area contributed by atoms with Crippen LogP contribution in [0.2, 0.25) is 0 Å². The molecule has 0 fully saturated rings. The largest absolute Gasteiger partial charge is 0.465 e. The number of benzene rings is 1. The average Bonchev–Trinajstić information content (AvgIpc) is 2.47. The van der Waals surface area contributed by atoms with Gasteiger partial charge < -0.3 is 9.47 Å². The van der Waals surface area contributed by atoms with Crippen LogP contribution < -0.4 is 0 Å². The summed E-state index contributed by atoms with van der Waals surface area (Å²) in [5, 5.41) is 11.0. The molecule has 0 saturated heterocycles. The maximum Gasteiger partial charge on any atom is 0.321 e. The van der Waals surface area contributed by atoms with E-state index in [-0.39, 0.29) is 13.2 Å². The van der Waals surface area contributed by atoms with Crippen LogP contribution in [0.4, 0.5) is 0 Å². The van der Waals surface area contributed by atoms with Crippen LogP contribution in [0.5, 0.6) is 0 Å². The Morgan fingerprint density at radius 3 is 1.96 bits per heavy atom. The fourth-order valence-corrected chi connectivity index (χ4v) is 2.27. The minimum absolute atomic E-state index is 0.0772. The highest BCUT2D eigenvalue weighted by molar-refractivity contribution is 5.96. The van der Waals surface area contributed by atoms with Crippen molar-refractivity contribution in [1.29, 1.82) is 0 Å². The second-order valence-electron chi connectivity index (χ2n) is 5.01. The summed E-state index contributed by atoms with van der Waals surface area (Å²) in [4.78, 5) is 34.8. The van der Waals surface area contributed by atoms with Crippen LogP contribution in [0.3, 0.4) is 0 Å². The normalized spacial score (nSPS) is 11.8. The number of esters is 2. The van der Waals surface area contributed by atoms with Crippen LogP contribution in [0.25, 0.3) is 0 Å². The topological polar surface area (TPSA) is 95.7 Å². The van der Waals surface area contributed by atoms with Gasteiger partial charge in [-0.3, -0.25) is 19.7 Å². The first kappa shape index (κ1) is 18.6. The van der Waals surface area contributed by atoms with Crippen LogP contribution in [0, 0.1) is 23.0 Å². The van der Waals surface area contributed by atoms with E-state index in [9.17, 15) is 19.7 Å². The number of nitro groups is 1. The summed E-state index contributed by atoms with van der Waals surface area (Å²) in [6.07, 6.45) is 0. The summed E-state index contributed by atoms with van der Waals surface area (Å²) >= 11 is 0. The molecule has 0 aliphatic rings. The molecule has 0 unspecified atom stereocenters. The molecule has 0 amide bonds. The highest BCUT2D eigenvalue weighted by Crippen LogP contribution is 2.28. The fraction of sp³-hybridized carbons (Fsp3) is 0.500. The van der Waals surface area contributed by atoms with Crippen LogP contribution in [-0.2, 0) is 19.1 Å². The first-order valence-electron chi connectivity index (χ1n) is 7.42. The van der Waals surface area contributed by atoms with Gasteiger partial charge >= 0.3 is 11.9 Å². The number of carbonyl (C=O) groups excluding carboxylic acids is 2. The molecule has 0 bridgehead atoms. The maximum atomic E-state index is 12.2. The SMILES string of the molecule is CCOC(=O)C(C(=O)OCC)[C@H](C[N+](=O)[O-])c1ccc(C)cc1. The number of hydrogen-bond acceptors (Lipinski definition) is 6. The minimum Gasteiger partial charge on any atom is -0.465 e. The van der Waals surface area contributed by atoms with Gasteiger partial charge in [0.1, 0.15) is 0 Å². The maximum absolute atomic E-state index is 12.2. The van der Waals surface area contributed by atoms with Crippen molar-refractivity contribution in [2.45, 2.75) is 26.7 Å². The van der Waals surface area contributed by atoms with E-state index in [1.54, 1.807) is 38.1 Å². The molecule has 1 aromatic carbocycles. The molecule has 126 valence electrons. The molecular weight excluding hydrogens is 302 g/mol. The van der Waals surface area contributed by atoms with Gasteiger partial charge in [0.05, 0.1) is 19.1 Å². The van der Waals surface area contributed by atoms with Crippen molar-refractivity contribution in [3.63, 3.8) is 0 Å². The van der Waals surface area contributed by atoms with E-state index in [2.05, 4.69) is 0 Å². The number of nitrogens with zero attached hydrogens (tertiary/aromatic N) is 1. The fourth-order valence-electron chi connectivity index (χ4n) is 2.27. The number of carbonyl (C=O) groups is 2. The van der Waals surface area contributed by atoms with Gasteiger partial charge in [0.15, 0.2) is 5.92 Å². The third-order valence-corrected chi connectivity index (χ3v) is 3.33. The summed E-state index contributed by atoms with van der Waals surface area (Å²) in [5.41, 5.74) is 1.50. The Labute approximate surface area is 134 Å². The van der Waals surface area contributed by atoms with Crippen molar-refractivity contribution >= 4 is 11.9 Å². The van der Waals surface area contributed by atoms with Crippen molar-refractivity contribution in [2.75, 3.05) is 19.8 Å². The quantitative estimate of drug-likeness (QED) is 0.314. The molecular formula is C16H21NO6. The number of rotatable bonds is 8. The van der Waals surface area contributed by atoms with Crippen molar-refractivity contribution < 1.29 is 24.0 Å². The molecule has 7 nitrogen and oxygen atoms in total. The molecule has 1 atom stereocenters. The van der Waals surface area contributed by atoms with E-state index in [0.717, 1.165) is 5.56 Å². The molecule has 7 heteroatoms. The summed E-state index contributed by atoms with van der Waals surface area (Å²) < 4.78 is 9.83. The van der Waals surface area contributed by atoms with Crippen molar-refractivity contribution in [1.82, 2.24) is 0 Å². The van der Waals surface area contributed by atoms with Gasteiger partial charge in [0.2, 0.25) is 6.54 Å². The van der Waals surface area contributed by atoms with Gasteiger partial charge in [-0.2, -0.15) is 0 Å². The number of aryl methyl sites for hydroxylation is 1. The Morgan fingerprint density at radius 2 is 1.57 bits per heavy atom. The molecule has 1 rings (SSSR count). The zero-order chi connectivity index (χ0) is 17.4. The zero-order valence-electron chi connectivity index (χ0n) is 13.5. The monoisotopic (exact) mass is 323 g/mol. The van der Waals surface area contributed by atoms with E-state index in [0.29, 0.717) is 5.56 Å². The van der Waals surface area contributed by atoms with Crippen LogP contribution >= 0.6 is 0 Å². The van der Waals surface area contributed by atoms with Crippen molar-refractivity contribution in [2.24, 2.45) is 5.92 Å². The summed E-state index contributed by atoms with van der Waals surface area (Å²) in [6, 6.07) is 6.90. The van der Waals surface area contributed by atoms with Crippen LogP contribution in [-0.4, -0.2) is 36.6 Å². The third kappa shape index (κ3) is 5.36. The number of ether oxygens (including phenoxy) is 2. The van der Waals surface area contributed by atoms with Gasteiger partial charge in [0, 0.05) is 4.92 Å². The smallest absolute Gasteiger partial charge is 0.321 e. The predicted octanol–water partition coefficient (Wildman–Crippen LogP) is 2.10. The van der Waals surface area contributed by atoms with Gasteiger partial charge in [0.25, 0.3) is 0 Å².